The molecular formula is C11H13N3O3. The predicted molar refractivity (Wildman–Crippen MR) is 62.1 cm³/mol. The van der Waals surface area contributed by atoms with Crippen LogP contribution in [0.4, 0.5) is 4.79 Å². The number of aromatic amines is 1. The van der Waals surface area contributed by atoms with Crippen LogP contribution in [0.2, 0.25) is 0 Å². The molecule has 0 aliphatic rings. The molecule has 1 aromatic carbocycles. The lowest BCUT2D eigenvalue weighted by Crippen LogP contribution is -2.26. The van der Waals surface area contributed by atoms with Crippen LogP contribution in [-0.2, 0) is 6.42 Å². The standard InChI is InChI=1S/C11H13N3O3/c1-14(11(16)17)6-5-8-10-7(12-13-8)3-2-4-9(10)15/h2-4,15H,5-6H2,1H3,(H,12,13)(H,16,17). The van der Waals surface area contributed by atoms with Gasteiger partial charge in [0.25, 0.3) is 0 Å². The predicted octanol–water partition coefficient (Wildman–Crippen LogP) is 1.42. The van der Waals surface area contributed by atoms with Crippen molar-refractivity contribution in [1.29, 1.82) is 0 Å². The van der Waals surface area contributed by atoms with Gasteiger partial charge in [0.2, 0.25) is 0 Å². The van der Waals surface area contributed by atoms with E-state index in [9.17, 15) is 9.90 Å². The molecule has 0 atom stereocenters. The maximum absolute atomic E-state index is 10.6. The van der Waals surface area contributed by atoms with E-state index in [2.05, 4.69) is 10.2 Å². The van der Waals surface area contributed by atoms with Crippen molar-refractivity contribution >= 4 is 17.0 Å². The maximum Gasteiger partial charge on any atom is 0.407 e. The van der Waals surface area contributed by atoms with Crippen molar-refractivity contribution in [2.75, 3.05) is 13.6 Å². The Morgan fingerprint density at radius 1 is 1.53 bits per heavy atom. The molecule has 0 aliphatic carbocycles. The van der Waals surface area contributed by atoms with Crippen molar-refractivity contribution in [2.24, 2.45) is 0 Å². The van der Waals surface area contributed by atoms with Crippen molar-refractivity contribution in [3.8, 4) is 5.75 Å². The highest BCUT2D eigenvalue weighted by atomic mass is 16.4. The van der Waals surface area contributed by atoms with Gasteiger partial charge in [-0.15, -0.1) is 0 Å². The van der Waals surface area contributed by atoms with Crippen LogP contribution in [0, 0.1) is 0 Å². The maximum atomic E-state index is 10.6. The van der Waals surface area contributed by atoms with Crippen molar-refractivity contribution in [3.63, 3.8) is 0 Å². The lowest BCUT2D eigenvalue weighted by atomic mass is 10.1. The van der Waals surface area contributed by atoms with Gasteiger partial charge in [-0.2, -0.15) is 5.10 Å². The molecule has 1 heterocycles. The van der Waals surface area contributed by atoms with Gasteiger partial charge in [-0.3, -0.25) is 5.10 Å². The second-order valence-corrected chi connectivity index (χ2v) is 3.83. The molecule has 0 unspecified atom stereocenters. The van der Waals surface area contributed by atoms with E-state index in [0.29, 0.717) is 23.9 Å². The Bertz CT molecular complexity index is 550. The topological polar surface area (TPSA) is 89.5 Å². The highest BCUT2D eigenvalue weighted by Crippen LogP contribution is 2.26. The number of aromatic nitrogens is 2. The quantitative estimate of drug-likeness (QED) is 0.750. The van der Waals surface area contributed by atoms with Gasteiger partial charge in [0.15, 0.2) is 0 Å². The van der Waals surface area contributed by atoms with E-state index in [-0.39, 0.29) is 5.75 Å². The number of nitrogens with zero attached hydrogens (tertiary/aromatic N) is 2. The summed E-state index contributed by atoms with van der Waals surface area (Å²) in [5.74, 6) is 0.157. The normalized spacial score (nSPS) is 10.6. The lowest BCUT2D eigenvalue weighted by Gasteiger charge is -2.11. The Hall–Kier alpha value is -2.24. The zero-order valence-electron chi connectivity index (χ0n) is 9.34. The SMILES string of the molecule is CN(CCc1[nH]nc2cccc(O)c12)C(=O)O. The average Bonchev–Trinajstić information content (AvgIpc) is 2.70. The molecule has 0 aliphatic heterocycles. The monoisotopic (exact) mass is 235 g/mol. The molecule has 2 rings (SSSR count). The summed E-state index contributed by atoms with van der Waals surface area (Å²) < 4.78 is 0. The number of amides is 1. The van der Waals surface area contributed by atoms with Crippen LogP contribution in [0.5, 0.6) is 5.75 Å². The molecule has 0 fully saturated rings. The summed E-state index contributed by atoms with van der Waals surface area (Å²) in [7, 11) is 1.50. The van der Waals surface area contributed by atoms with E-state index >= 15 is 0 Å². The summed E-state index contributed by atoms with van der Waals surface area (Å²) >= 11 is 0. The first-order chi connectivity index (χ1) is 8.09. The Labute approximate surface area is 97.5 Å². The van der Waals surface area contributed by atoms with Gasteiger partial charge in [-0.1, -0.05) is 6.07 Å². The number of hydrogen-bond donors (Lipinski definition) is 3. The van der Waals surface area contributed by atoms with Crippen LogP contribution in [0.25, 0.3) is 10.9 Å². The van der Waals surface area contributed by atoms with E-state index in [1.807, 2.05) is 0 Å². The van der Waals surface area contributed by atoms with Gasteiger partial charge in [0.05, 0.1) is 10.9 Å². The third-order valence-electron chi connectivity index (χ3n) is 2.66. The fraction of sp³-hybridized carbons (Fsp3) is 0.273. The fourth-order valence-electron chi connectivity index (χ4n) is 1.67. The lowest BCUT2D eigenvalue weighted by molar-refractivity contribution is 0.156. The molecule has 6 heteroatoms. The van der Waals surface area contributed by atoms with Crippen LogP contribution in [0.15, 0.2) is 18.2 Å². The number of benzene rings is 1. The van der Waals surface area contributed by atoms with Gasteiger partial charge in [-0.05, 0) is 12.1 Å². The molecule has 3 N–H and O–H groups in total. The van der Waals surface area contributed by atoms with Gasteiger partial charge in [0, 0.05) is 25.7 Å². The summed E-state index contributed by atoms with van der Waals surface area (Å²) in [6.45, 7) is 0.348. The molecular weight excluding hydrogens is 222 g/mol. The fourth-order valence-corrected chi connectivity index (χ4v) is 1.67. The molecule has 1 aromatic heterocycles. The number of H-pyrrole nitrogens is 1. The van der Waals surface area contributed by atoms with Crippen molar-refractivity contribution in [2.45, 2.75) is 6.42 Å². The smallest absolute Gasteiger partial charge is 0.407 e. The minimum atomic E-state index is -0.974. The molecule has 90 valence electrons. The number of fused-ring (bicyclic) bond motifs is 1. The first-order valence-electron chi connectivity index (χ1n) is 5.18. The molecule has 0 saturated heterocycles. The molecule has 0 radical (unpaired) electrons. The van der Waals surface area contributed by atoms with E-state index in [1.54, 1.807) is 18.2 Å². The number of phenols is 1. The van der Waals surface area contributed by atoms with Crippen LogP contribution >= 0.6 is 0 Å². The number of aromatic hydroxyl groups is 1. The van der Waals surface area contributed by atoms with Crippen molar-refractivity contribution in [1.82, 2.24) is 15.1 Å². The number of carboxylic acid groups (broad SMARTS) is 1. The van der Waals surface area contributed by atoms with Crippen LogP contribution < -0.4 is 0 Å². The van der Waals surface area contributed by atoms with Crippen LogP contribution in [0.3, 0.4) is 0 Å². The number of hydrogen-bond acceptors (Lipinski definition) is 3. The van der Waals surface area contributed by atoms with Gasteiger partial charge < -0.3 is 15.1 Å². The third kappa shape index (κ3) is 2.15. The zero-order chi connectivity index (χ0) is 12.4. The van der Waals surface area contributed by atoms with Crippen molar-refractivity contribution in [3.05, 3.63) is 23.9 Å². The summed E-state index contributed by atoms with van der Waals surface area (Å²) in [5.41, 5.74) is 1.42. The summed E-state index contributed by atoms with van der Waals surface area (Å²) in [4.78, 5) is 11.8. The Kier molecular flexibility index (Phi) is 2.86. The van der Waals surface area contributed by atoms with E-state index in [1.165, 1.54) is 11.9 Å². The minimum absolute atomic E-state index is 0.157. The van der Waals surface area contributed by atoms with Gasteiger partial charge in [-0.25, -0.2) is 4.79 Å². The summed E-state index contributed by atoms with van der Waals surface area (Å²) in [6.07, 6.45) is -0.491. The first-order valence-corrected chi connectivity index (χ1v) is 5.18. The molecule has 0 bridgehead atoms. The average molecular weight is 235 g/mol. The van der Waals surface area contributed by atoms with E-state index in [0.717, 1.165) is 5.69 Å². The molecule has 0 spiro atoms. The number of nitrogens with one attached hydrogen (secondary N) is 1. The Morgan fingerprint density at radius 2 is 2.29 bits per heavy atom. The molecule has 1 amide bonds. The Morgan fingerprint density at radius 3 is 3.00 bits per heavy atom. The molecule has 2 aromatic rings. The minimum Gasteiger partial charge on any atom is -0.507 e. The van der Waals surface area contributed by atoms with Gasteiger partial charge >= 0.3 is 6.09 Å². The van der Waals surface area contributed by atoms with Crippen LogP contribution in [-0.4, -0.2) is 45.0 Å². The number of rotatable bonds is 3. The zero-order valence-corrected chi connectivity index (χ0v) is 9.34. The Balaban J connectivity index is 2.22. The highest BCUT2D eigenvalue weighted by Gasteiger charge is 2.11. The number of phenolic OH excluding ortho intramolecular Hbond substituents is 1. The van der Waals surface area contributed by atoms with E-state index < -0.39 is 6.09 Å². The molecule has 17 heavy (non-hydrogen) atoms. The molecule has 6 nitrogen and oxygen atoms in total. The second-order valence-electron chi connectivity index (χ2n) is 3.83. The van der Waals surface area contributed by atoms with E-state index in [4.69, 9.17) is 5.11 Å². The second kappa shape index (κ2) is 4.32. The van der Waals surface area contributed by atoms with Gasteiger partial charge in [0.1, 0.15) is 5.75 Å². The number of likely N-dealkylation sites (N-methyl/N-ethyl adjacent to an activating group) is 1. The highest BCUT2D eigenvalue weighted by molar-refractivity contribution is 5.87. The first kappa shape index (κ1) is 11.3. The summed E-state index contributed by atoms with van der Waals surface area (Å²) in [6, 6.07) is 5.09. The van der Waals surface area contributed by atoms with Crippen molar-refractivity contribution < 1.29 is 15.0 Å². The number of carbonyl (C=O) groups is 1. The molecule has 0 saturated carbocycles. The summed E-state index contributed by atoms with van der Waals surface area (Å²) in [5, 5.41) is 26.0. The van der Waals surface area contributed by atoms with Crippen LogP contribution in [0.1, 0.15) is 5.69 Å². The third-order valence-corrected chi connectivity index (χ3v) is 2.66. The largest absolute Gasteiger partial charge is 0.507 e.